The van der Waals surface area contributed by atoms with E-state index < -0.39 is 0 Å². The number of carbonyl (C=O) groups excluding carboxylic acids is 1. The van der Waals surface area contributed by atoms with Gasteiger partial charge in [-0.3, -0.25) is 9.36 Å². The van der Waals surface area contributed by atoms with Crippen molar-refractivity contribution in [1.82, 2.24) is 19.9 Å². The van der Waals surface area contributed by atoms with Gasteiger partial charge in [-0.05, 0) is 43.2 Å². The molecule has 0 aliphatic rings. The third-order valence-electron chi connectivity index (χ3n) is 4.01. The van der Waals surface area contributed by atoms with Gasteiger partial charge in [-0.25, -0.2) is 9.97 Å². The maximum Gasteiger partial charge on any atom is 0.251 e. The van der Waals surface area contributed by atoms with Crippen LogP contribution in [0.3, 0.4) is 0 Å². The van der Waals surface area contributed by atoms with Crippen LogP contribution in [0, 0.1) is 13.8 Å². The number of imidazole rings is 1. The van der Waals surface area contributed by atoms with Gasteiger partial charge in [0.15, 0.2) is 0 Å². The van der Waals surface area contributed by atoms with Gasteiger partial charge in [0, 0.05) is 30.7 Å². The van der Waals surface area contributed by atoms with Crippen molar-refractivity contribution in [3.05, 3.63) is 71.4 Å². The monoisotopic (exact) mass is 336 g/mol. The van der Waals surface area contributed by atoms with Gasteiger partial charge < -0.3 is 10.1 Å². The molecule has 0 saturated heterocycles. The fourth-order valence-corrected chi connectivity index (χ4v) is 2.53. The second-order valence-electron chi connectivity index (χ2n) is 5.74. The summed E-state index contributed by atoms with van der Waals surface area (Å²) >= 11 is 0. The van der Waals surface area contributed by atoms with E-state index in [4.69, 9.17) is 4.74 Å². The zero-order valence-electron chi connectivity index (χ0n) is 14.5. The lowest BCUT2D eigenvalue weighted by atomic mass is 10.1. The van der Waals surface area contributed by atoms with E-state index in [1.807, 2.05) is 42.8 Å². The summed E-state index contributed by atoms with van der Waals surface area (Å²) in [5.74, 6) is 2.23. The normalized spacial score (nSPS) is 10.5. The van der Waals surface area contributed by atoms with E-state index >= 15 is 0 Å². The molecule has 0 aliphatic carbocycles. The predicted molar refractivity (Wildman–Crippen MR) is 95.0 cm³/mol. The molecule has 3 rings (SSSR count). The Bertz CT molecular complexity index is 885. The Morgan fingerprint density at radius 3 is 2.68 bits per heavy atom. The Kier molecular flexibility index (Phi) is 4.79. The molecule has 0 spiro atoms. The average molecular weight is 336 g/mol. The number of rotatable bonds is 5. The van der Waals surface area contributed by atoms with Crippen molar-refractivity contribution in [2.45, 2.75) is 20.4 Å². The molecule has 6 heteroatoms. The maximum absolute atomic E-state index is 12.3. The smallest absolute Gasteiger partial charge is 0.251 e. The highest BCUT2D eigenvalue weighted by Gasteiger charge is 2.09. The first-order valence-electron chi connectivity index (χ1n) is 7.96. The first kappa shape index (κ1) is 16.7. The number of hydrogen-bond acceptors (Lipinski definition) is 4. The molecule has 1 amide bonds. The first-order chi connectivity index (χ1) is 12.1. The van der Waals surface area contributed by atoms with E-state index in [2.05, 4.69) is 15.3 Å². The summed E-state index contributed by atoms with van der Waals surface area (Å²) in [5, 5.41) is 2.90. The highest BCUT2D eigenvalue weighted by Crippen LogP contribution is 2.19. The average Bonchev–Trinajstić information content (AvgIpc) is 3.06. The van der Waals surface area contributed by atoms with Gasteiger partial charge >= 0.3 is 0 Å². The van der Waals surface area contributed by atoms with E-state index in [1.165, 1.54) is 0 Å². The SMILES string of the molecule is COc1cc(C(=O)NCc2ccc(-n3ccnc3C)nc2)ccc1C. The number of ether oxygens (including phenoxy) is 1. The van der Waals surface area contributed by atoms with Crippen molar-refractivity contribution in [1.29, 1.82) is 0 Å². The molecule has 25 heavy (non-hydrogen) atoms. The zero-order chi connectivity index (χ0) is 17.8. The number of amides is 1. The van der Waals surface area contributed by atoms with Crippen LogP contribution in [0.5, 0.6) is 5.75 Å². The molecule has 0 unspecified atom stereocenters. The molecule has 3 aromatic rings. The molecule has 0 fully saturated rings. The number of nitrogens with one attached hydrogen (secondary N) is 1. The van der Waals surface area contributed by atoms with Crippen LogP contribution in [-0.4, -0.2) is 27.6 Å². The van der Waals surface area contributed by atoms with Crippen LogP contribution in [0.1, 0.15) is 27.3 Å². The van der Waals surface area contributed by atoms with Crippen LogP contribution in [0.4, 0.5) is 0 Å². The van der Waals surface area contributed by atoms with Crippen LogP contribution < -0.4 is 10.1 Å². The number of aryl methyl sites for hydroxylation is 2. The van der Waals surface area contributed by atoms with Gasteiger partial charge in [0.05, 0.1) is 7.11 Å². The van der Waals surface area contributed by atoms with E-state index in [1.54, 1.807) is 31.6 Å². The Balaban J connectivity index is 1.65. The number of nitrogens with zero attached hydrogens (tertiary/aromatic N) is 3. The summed E-state index contributed by atoms with van der Waals surface area (Å²) in [4.78, 5) is 20.9. The Labute approximate surface area is 146 Å². The Hall–Kier alpha value is -3.15. The van der Waals surface area contributed by atoms with Crippen molar-refractivity contribution in [2.24, 2.45) is 0 Å². The molecule has 6 nitrogen and oxygen atoms in total. The first-order valence-corrected chi connectivity index (χ1v) is 7.96. The molecule has 0 radical (unpaired) electrons. The van der Waals surface area contributed by atoms with Crippen molar-refractivity contribution in [2.75, 3.05) is 7.11 Å². The topological polar surface area (TPSA) is 69.0 Å². The molecule has 0 saturated carbocycles. The van der Waals surface area contributed by atoms with Gasteiger partial charge in [0.2, 0.25) is 0 Å². The summed E-state index contributed by atoms with van der Waals surface area (Å²) in [6, 6.07) is 9.25. The van der Waals surface area contributed by atoms with E-state index in [-0.39, 0.29) is 5.91 Å². The third-order valence-corrected chi connectivity index (χ3v) is 4.01. The minimum atomic E-state index is -0.146. The molecule has 128 valence electrons. The fraction of sp³-hybridized carbons (Fsp3) is 0.211. The van der Waals surface area contributed by atoms with E-state index in [0.717, 1.165) is 22.8 Å². The summed E-state index contributed by atoms with van der Waals surface area (Å²) in [6.45, 7) is 4.27. The minimum absolute atomic E-state index is 0.146. The molecule has 1 aromatic carbocycles. The largest absolute Gasteiger partial charge is 0.496 e. The maximum atomic E-state index is 12.3. The van der Waals surface area contributed by atoms with Crippen molar-refractivity contribution in [3.8, 4) is 11.6 Å². The van der Waals surface area contributed by atoms with Crippen LogP contribution >= 0.6 is 0 Å². The lowest BCUT2D eigenvalue weighted by molar-refractivity contribution is 0.0950. The second-order valence-corrected chi connectivity index (χ2v) is 5.74. The summed E-state index contributed by atoms with van der Waals surface area (Å²) < 4.78 is 7.16. The Morgan fingerprint density at radius 2 is 2.04 bits per heavy atom. The molecule has 2 heterocycles. The number of aromatic nitrogens is 3. The van der Waals surface area contributed by atoms with Crippen LogP contribution in [0.15, 0.2) is 48.9 Å². The van der Waals surface area contributed by atoms with Crippen LogP contribution in [0.25, 0.3) is 5.82 Å². The van der Waals surface area contributed by atoms with Gasteiger partial charge in [-0.15, -0.1) is 0 Å². The second kappa shape index (κ2) is 7.17. The third kappa shape index (κ3) is 3.68. The molecule has 0 aliphatic heterocycles. The van der Waals surface area contributed by atoms with Gasteiger partial charge in [-0.2, -0.15) is 0 Å². The van der Waals surface area contributed by atoms with Crippen molar-refractivity contribution >= 4 is 5.91 Å². The molecule has 0 atom stereocenters. The standard InChI is InChI=1S/C19H20N4O2/c1-13-4-6-16(10-17(13)25-3)19(24)22-12-15-5-7-18(21-11-15)23-9-8-20-14(23)2/h4-11H,12H2,1-3H3,(H,22,24). The van der Waals surface area contributed by atoms with E-state index in [9.17, 15) is 4.79 Å². The summed E-state index contributed by atoms with van der Waals surface area (Å²) in [6.07, 6.45) is 5.36. The fourth-order valence-electron chi connectivity index (χ4n) is 2.53. The van der Waals surface area contributed by atoms with Crippen molar-refractivity contribution < 1.29 is 9.53 Å². The predicted octanol–water partition coefficient (Wildman–Crippen LogP) is 2.82. The number of pyridine rings is 1. The van der Waals surface area contributed by atoms with E-state index in [0.29, 0.717) is 17.9 Å². The number of carbonyl (C=O) groups is 1. The molecule has 2 aromatic heterocycles. The zero-order valence-corrected chi connectivity index (χ0v) is 14.5. The van der Waals surface area contributed by atoms with Crippen LogP contribution in [0.2, 0.25) is 0 Å². The minimum Gasteiger partial charge on any atom is -0.496 e. The Morgan fingerprint density at radius 1 is 1.20 bits per heavy atom. The van der Waals surface area contributed by atoms with Gasteiger partial charge in [0.1, 0.15) is 17.4 Å². The quantitative estimate of drug-likeness (QED) is 0.778. The number of hydrogen-bond donors (Lipinski definition) is 1. The summed E-state index contributed by atoms with van der Waals surface area (Å²) in [7, 11) is 1.60. The number of methoxy groups -OCH3 is 1. The van der Waals surface area contributed by atoms with Crippen LogP contribution in [-0.2, 0) is 6.54 Å². The highest BCUT2D eigenvalue weighted by molar-refractivity contribution is 5.94. The lowest BCUT2D eigenvalue weighted by Crippen LogP contribution is -2.23. The van der Waals surface area contributed by atoms with Gasteiger partial charge in [-0.1, -0.05) is 12.1 Å². The lowest BCUT2D eigenvalue weighted by Gasteiger charge is -2.09. The molecular formula is C19H20N4O2. The molecular weight excluding hydrogens is 316 g/mol. The summed E-state index contributed by atoms with van der Waals surface area (Å²) in [5.41, 5.74) is 2.49. The molecule has 0 bridgehead atoms. The highest BCUT2D eigenvalue weighted by atomic mass is 16.5. The van der Waals surface area contributed by atoms with Gasteiger partial charge in [0.25, 0.3) is 5.91 Å². The van der Waals surface area contributed by atoms with Crippen molar-refractivity contribution in [3.63, 3.8) is 0 Å². The number of benzene rings is 1. The molecule has 1 N–H and O–H groups in total.